The Bertz CT molecular complexity index is 867. The molecule has 0 spiro atoms. The third-order valence-electron chi connectivity index (χ3n) is 7.15. The van der Waals surface area contributed by atoms with Crippen molar-refractivity contribution in [3.05, 3.63) is 36.0 Å². The maximum atomic E-state index is 13.4. The average Bonchev–Trinajstić information content (AvgIpc) is 3.24. The summed E-state index contributed by atoms with van der Waals surface area (Å²) < 4.78 is 5.52. The molecule has 2 aliphatic heterocycles. The van der Waals surface area contributed by atoms with Gasteiger partial charge >= 0.3 is 0 Å². The second kappa shape index (κ2) is 6.08. The number of carbonyl (C=O) groups excluding carboxylic acids is 1. The van der Waals surface area contributed by atoms with Gasteiger partial charge in [0.1, 0.15) is 0 Å². The Balaban J connectivity index is 1.40. The molecule has 1 N–H and O–H groups in total. The number of morpholine rings is 1. The number of aromatic amines is 1. The normalized spacial score (nSPS) is 30.3. The van der Waals surface area contributed by atoms with Crippen LogP contribution in [0.3, 0.4) is 0 Å². The largest absolute Gasteiger partial charge is 0.379 e. The standard InChI is InChI=1S/C22H29N3O2/c1-21(2)13-22(14-24-8-10-27-11-9-24)15-25(12-18(21)22)20(26)17-5-3-4-16-6-7-23-19(16)17/h3-7,18,23H,8-15H2,1-2H3/t18-,22+/m1/s1. The monoisotopic (exact) mass is 367 g/mol. The van der Waals surface area contributed by atoms with Gasteiger partial charge in [-0.25, -0.2) is 0 Å². The molecule has 2 saturated heterocycles. The van der Waals surface area contributed by atoms with Crippen molar-refractivity contribution in [2.45, 2.75) is 20.3 Å². The number of nitrogens with zero attached hydrogens (tertiary/aromatic N) is 2. The predicted molar refractivity (Wildman–Crippen MR) is 106 cm³/mol. The van der Waals surface area contributed by atoms with Gasteiger partial charge in [-0.3, -0.25) is 9.69 Å². The summed E-state index contributed by atoms with van der Waals surface area (Å²) in [4.78, 5) is 21.3. The zero-order chi connectivity index (χ0) is 18.6. The molecule has 5 rings (SSSR count). The first-order chi connectivity index (χ1) is 13.0. The number of carbonyl (C=O) groups is 1. The number of fused-ring (bicyclic) bond motifs is 2. The number of hydrogen-bond acceptors (Lipinski definition) is 3. The van der Waals surface area contributed by atoms with Crippen LogP contribution >= 0.6 is 0 Å². The second-order valence-electron chi connectivity index (χ2n) is 9.40. The molecule has 1 aliphatic carbocycles. The summed E-state index contributed by atoms with van der Waals surface area (Å²) in [6.07, 6.45) is 3.12. The van der Waals surface area contributed by atoms with Crippen molar-refractivity contribution >= 4 is 16.8 Å². The predicted octanol–water partition coefficient (Wildman–Crippen LogP) is 2.99. The second-order valence-corrected chi connectivity index (χ2v) is 9.40. The van der Waals surface area contributed by atoms with E-state index in [0.717, 1.165) is 62.4 Å². The number of nitrogens with one attached hydrogen (secondary N) is 1. The van der Waals surface area contributed by atoms with E-state index in [1.54, 1.807) is 0 Å². The van der Waals surface area contributed by atoms with Crippen LogP contribution in [0.5, 0.6) is 0 Å². The molecule has 3 heterocycles. The minimum absolute atomic E-state index is 0.176. The molecular weight excluding hydrogens is 338 g/mol. The zero-order valence-electron chi connectivity index (χ0n) is 16.3. The molecule has 1 aromatic heterocycles. The lowest BCUT2D eigenvalue weighted by molar-refractivity contribution is -0.0966. The molecule has 2 aromatic rings. The first kappa shape index (κ1) is 17.3. The van der Waals surface area contributed by atoms with Crippen LogP contribution in [0.2, 0.25) is 0 Å². The lowest BCUT2D eigenvalue weighted by Crippen LogP contribution is -2.59. The Morgan fingerprint density at radius 3 is 2.85 bits per heavy atom. The van der Waals surface area contributed by atoms with E-state index in [9.17, 15) is 4.79 Å². The fraction of sp³-hybridized carbons (Fsp3) is 0.591. The molecule has 1 saturated carbocycles. The fourth-order valence-corrected chi connectivity index (χ4v) is 6.13. The van der Waals surface area contributed by atoms with E-state index < -0.39 is 0 Å². The van der Waals surface area contributed by atoms with E-state index in [1.165, 1.54) is 6.42 Å². The van der Waals surface area contributed by atoms with Crippen molar-refractivity contribution < 1.29 is 9.53 Å². The highest BCUT2D eigenvalue weighted by atomic mass is 16.5. The van der Waals surface area contributed by atoms with Crippen molar-refractivity contribution in [1.29, 1.82) is 0 Å². The average molecular weight is 367 g/mol. The molecule has 5 heteroatoms. The first-order valence-corrected chi connectivity index (χ1v) is 10.1. The summed E-state index contributed by atoms with van der Waals surface area (Å²) in [5.41, 5.74) is 2.33. The number of ether oxygens (including phenoxy) is 1. The maximum Gasteiger partial charge on any atom is 0.256 e. The lowest BCUT2D eigenvalue weighted by Gasteiger charge is -2.58. The van der Waals surface area contributed by atoms with Crippen LogP contribution in [0.15, 0.2) is 30.5 Å². The third kappa shape index (κ3) is 2.71. The zero-order valence-corrected chi connectivity index (χ0v) is 16.3. The van der Waals surface area contributed by atoms with Crippen molar-refractivity contribution in [3.63, 3.8) is 0 Å². The number of aromatic nitrogens is 1. The Morgan fingerprint density at radius 2 is 2.07 bits per heavy atom. The summed E-state index contributed by atoms with van der Waals surface area (Å²) in [6, 6.07) is 8.03. The van der Waals surface area contributed by atoms with E-state index in [4.69, 9.17) is 4.74 Å². The van der Waals surface area contributed by atoms with Crippen molar-refractivity contribution in [2.75, 3.05) is 45.9 Å². The highest BCUT2D eigenvalue weighted by Crippen LogP contribution is 2.63. The Labute approximate surface area is 160 Å². The number of rotatable bonds is 3. The van der Waals surface area contributed by atoms with Gasteiger partial charge in [-0.15, -0.1) is 0 Å². The number of para-hydroxylation sites is 1. The van der Waals surface area contributed by atoms with Crippen molar-refractivity contribution in [1.82, 2.24) is 14.8 Å². The Kier molecular flexibility index (Phi) is 3.89. The van der Waals surface area contributed by atoms with Crippen LogP contribution in [0.1, 0.15) is 30.6 Å². The van der Waals surface area contributed by atoms with Crippen molar-refractivity contribution in [2.24, 2.45) is 16.7 Å². The van der Waals surface area contributed by atoms with E-state index in [1.807, 2.05) is 24.4 Å². The van der Waals surface area contributed by atoms with Gasteiger partial charge in [0, 0.05) is 49.7 Å². The topological polar surface area (TPSA) is 48.6 Å². The van der Waals surface area contributed by atoms with Gasteiger partial charge < -0.3 is 14.6 Å². The first-order valence-electron chi connectivity index (χ1n) is 10.1. The fourth-order valence-electron chi connectivity index (χ4n) is 6.13. The van der Waals surface area contributed by atoms with Gasteiger partial charge in [0.2, 0.25) is 0 Å². The van der Waals surface area contributed by atoms with E-state index >= 15 is 0 Å². The molecule has 0 radical (unpaired) electrons. The van der Waals surface area contributed by atoms with Crippen molar-refractivity contribution in [3.8, 4) is 0 Å². The summed E-state index contributed by atoms with van der Waals surface area (Å²) in [6.45, 7) is 11.3. The molecule has 1 amide bonds. The molecular formula is C22H29N3O2. The highest BCUT2D eigenvalue weighted by molar-refractivity contribution is 6.05. The molecule has 0 bridgehead atoms. The molecule has 2 atom stereocenters. The number of benzene rings is 1. The Morgan fingerprint density at radius 1 is 1.26 bits per heavy atom. The summed E-state index contributed by atoms with van der Waals surface area (Å²) in [5, 5.41) is 1.10. The number of H-pyrrole nitrogens is 1. The minimum Gasteiger partial charge on any atom is -0.379 e. The van der Waals surface area contributed by atoms with E-state index in [-0.39, 0.29) is 11.3 Å². The van der Waals surface area contributed by atoms with Crippen LogP contribution < -0.4 is 0 Å². The summed E-state index contributed by atoms with van der Waals surface area (Å²) in [5.74, 6) is 0.759. The van der Waals surface area contributed by atoms with E-state index in [0.29, 0.717) is 11.3 Å². The van der Waals surface area contributed by atoms with Crippen LogP contribution in [-0.4, -0.2) is 66.6 Å². The van der Waals surface area contributed by atoms with Crippen LogP contribution in [0, 0.1) is 16.7 Å². The SMILES string of the molecule is CC1(C)C[C@]2(CN3CCOCC3)CN(C(=O)c3cccc4cc[nH]c34)C[C@H]12. The molecule has 3 aliphatic rings. The lowest BCUT2D eigenvalue weighted by atomic mass is 9.48. The van der Waals surface area contributed by atoms with Gasteiger partial charge in [-0.2, -0.15) is 0 Å². The smallest absolute Gasteiger partial charge is 0.256 e. The van der Waals surface area contributed by atoms with Gasteiger partial charge in [0.25, 0.3) is 5.91 Å². The van der Waals surface area contributed by atoms with Gasteiger partial charge in [-0.05, 0) is 29.9 Å². The van der Waals surface area contributed by atoms with Crippen LogP contribution in [0.4, 0.5) is 0 Å². The number of hydrogen-bond donors (Lipinski definition) is 1. The molecule has 144 valence electrons. The molecule has 0 unspecified atom stereocenters. The van der Waals surface area contributed by atoms with Crippen LogP contribution in [0.25, 0.3) is 10.9 Å². The van der Waals surface area contributed by atoms with Gasteiger partial charge in [-0.1, -0.05) is 26.0 Å². The number of likely N-dealkylation sites (tertiary alicyclic amines) is 1. The molecule has 3 fully saturated rings. The molecule has 1 aromatic carbocycles. The van der Waals surface area contributed by atoms with Crippen LogP contribution in [-0.2, 0) is 4.74 Å². The molecule has 27 heavy (non-hydrogen) atoms. The quantitative estimate of drug-likeness (QED) is 0.907. The number of amides is 1. The maximum absolute atomic E-state index is 13.4. The minimum atomic E-state index is 0.176. The summed E-state index contributed by atoms with van der Waals surface area (Å²) in [7, 11) is 0. The third-order valence-corrected chi connectivity index (χ3v) is 7.15. The van der Waals surface area contributed by atoms with E-state index in [2.05, 4.69) is 34.7 Å². The highest BCUT2D eigenvalue weighted by Gasteiger charge is 2.63. The summed E-state index contributed by atoms with van der Waals surface area (Å²) >= 11 is 0. The van der Waals surface area contributed by atoms with Gasteiger partial charge in [0.15, 0.2) is 0 Å². The van der Waals surface area contributed by atoms with Gasteiger partial charge in [0.05, 0.1) is 24.3 Å². The Hall–Kier alpha value is -1.85. The molecule has 5 nitrogen and oxygen atoms in total.